The van der Waals surface area contributed by atoms with Crippen molar-refractivity contribution in [3.05, 3.63) is 28.8 Å². The van der Waals surface area contributed by atoms with Gasteiger partial charge >= 0.3 is 5.97 Å². The molecule has 0 N–H and O–H groups in total. The fourth-order valence-corrected chi connectivity index (χ4v) is 1.56. The van der Waals surface area contributed by atoms with E-state index in [1.165, 1.54) is 7.11 Å². The van der Waals surface area contributed by atoms with Gasteiger partial charge in [0.25, 0.3) is 0 Å². The molecule has 0 fully saturated rings. The van der Waals surface area contributed by atoms with Crippen LogP contribution in [0.15, 0.2) is 12.1 Å². The summed E-state index contributed by atoms with van der Waals surface area (Å²) in [6.45, 7) is 3.98. The lowest BCUT2D eigenvalue weighted by Gasteiger charge is -2.11. The molecule has 0 aliphatic heterocycles. The Morgan fingerprint density at radius 2 is 2.12 bits per heavy atom. The zero-order valence-corrected chi connectivity index (χ0v) is 10.2. The van der Waals surface area contributed by atoms with Gasteiger partial charge in [-0.2, -0.15) is 5.26 Å². The zero-order valence-electron chi connectivity index (χ0n) is 10.2. The number of rotatable bonds is 4. The second-order valence-corrected chi connectivity index (χ2v) is 3.41. The molecule has 17 heavy (non-hydrogen) atoms. The van der Waals surface area contributed by atoms with Gasteiger partial charge in [0, 0.05) is 0 Å². The second-order valence-electron chi connectivity index (χ2n) is 3.41. The number of ether oxygens (including phenoxy) is 2. The van der Waals surface area contributed by atoms with Gasteiger partial charge in [0.15, 0.2) is 5.75 Å². The third-order valence-corrected chi connectivity index (χ3v) is 2.38. The third-order valence-electron chi connectivity index (χ3n) is 2.38. The Balaban J connectivity index is 3.35. The van der Waals surface area contributed by atoms with Crippen molar-refractivity contribution in [3.63, 3.8) is 0 Å². The Labute approximate surface area is 101 Å². The highest BCUT2D eigenvalue weighted by atomic mass is 16.5. The molecule has 0 saturated heterocycles. The number of carbonyl (C=O) groups is 1. The van der Waals surface area contributed by atoms with Gasteiger partial charge in [-0.25, -0.2) is 4.79 Å². The molecule has 4 heteroatoms. The van der Waals surface area contributed by atoms with Crippen molar-refractivity contribution in [2.45, 2.75) is 20.3 Å². The number of esters is 1. The van der Waals surface area contributed by atoms with Crippen molar-refractivity contribution in [2.24, 2.45) is 0 Å². The Hall–Kier alpha value is -2.02. The van der Waals surface area contributed by atoms with Gasteiger partial charge in [0.05, 0.1) is 19.3 Å². The topological polar surface area (TPSA) is 59.3 Å². The summed E-state index contributed by atoms with van der Waals surface area (Å²) >= 11 is 0. The van der Waals surface area contributed by atoms with Gasteiger partial charge in [0.2, 0.25) is 0 Å². The van der Waals surface area contributed by atoms with Crippen LogP contribution in [0.2, 0.25) is 0 Å². The number of hydrogen-bond donors (Lipinski definition) is 0. The van der Waals surface area contributed by atoms with Gasteiger partial charge < -0.3 is 9.47 Å². The molecule has 1 aromatic rings. The van der Waals surface area contributed by atoms with Gasteiger partial charge in [-0.05, 0) is 31.0 Å². The average Bonchev–Trinajstić information content (AvgIpc) is 2.37. The maximum atomic E-state index is 11.7. The summed E-state index contributed by atoms with van der Waals surface area (Å²) in [7, 11) is 1.44. The van der Waals surface area contributed by atoms with Crippen LogP contribution in [-0.2, 0) is 11.2 Å². The molecule has 0 bridgehead atoms. The van der Waals surface area contributed by atoms with E-state index in [0.717, 1.165) is 12.0 Å². The largest absolute Gasteiger partial charge is 0.494 e. The zero-order chi connectivity index (χ0) is 12.8. The van der Waals surface area contributed by atoms with E-state index in [9.17, 15) is 4.79 Å². The average molecular weight is 233 g/mol. The third kappa shape index (κ3) is 2.76. The van der Waals surface area contributed by atoms with Crippen molar-refractivity contribution in [1.29, 1.82) is 5.26 Å². The summed E-state index contributed by atoms with van der Waals surface area (Å²) in [6.07, 6.45) is 0.741. The molecule has 0 unspecified atom stereocenters. The number of nitriles is 1. The highest BCUT2D eigenvalue weighted by Crippen LogP contribution is 2.26. The first-order chi connectivity index (χ1) is 8.17. The molecule has 0 atom stereocenters. The lowest BCUT2D eigenvalue weighted by molar-refractivity contribution is 0.0522. The first-order valence-corrected chi connectivity index (χ1v) is 5.46. The van der Waals surface area contributed by atoms with Gasteiger partial charge in [-0.15, -0.1) is 0 Å². The van der Waals surface area contributed by atoms with Crippen molar-refractivity contribution >= 4 is 5.97 Å². The minimum absolute atomic E-state index is 0.281. The van der Waals surface area contributed by atoms with Crippen LogP contribution < -0.4 is 4.74 Å². The Kier molecular flexibility index (Phi) is 4.53. The van der Waals surface area contributed by atoms with E-state index in [0.29, 0.717) is 17.7 Å². The molecule has 0 radical (unpaired) electrons. The van der Waals surface area contributed by atoms with Crippen LogP contribution in [0, 0.1) is 11.3 Å². The molecular formula is C13H15NO3. The Morgan fingerprint density at radius 3 is 2.59 bits per heavy atom. The number of benzene rings is 1. The Morgan fingerprint density at radius 1 is 1.41 bits per heavy atom. The molecular weight excluding hydrogens is 218 g/mol. The minimum Gasteiger partial charge on any atom is -0.494 e. The predicted octanol–water partition coefficient (Wildman–Crippen LogP) is 2.31. The number of hydrogen-bond acceptors (Lipinski definition) is 4. The van der Waals surface area contributed by atoms with Crippen LogP contribution in [0.4, 0.5) is 0 Å². The first kappa shape index (κ1) is 13.0. The first-order valence-electron chi connectivity index (χ1n) is 5.46. The number of aryl methyl sites for hydroxylation is 1. The van der Waals surface area contributed by atoms with E-state index in [1.54, 1.807) is 19.1 Å². The second kappa shape index (κ2) is 5.90. The van der Waals surface area contributed by atoms with Gasteiger partial charge in [-0.3, -0.25) is 0 Å². The number of carbonyl (C=O) groups excluding carboxylic acids is 1. The highest BCUT2D eigenvalue weighted by Gasteiger charge is 2.18. The van der Waals surface area contributed by atoms with Crippen LogP contribution in [0.3, 0.4) is 0 Å². The molecule has 4 nitrogen and oxygen atoms in total. The van der Waals surface area contributed by atoms with E-state index >= 15 is 0 Å². The highest BCUT2D eigenvalue weighted by molar-refractivity contribution is 5.93. The van der Waals surface area contributed by atoms with Crippen LogP contribution in [0.25, 0.3) is 0 Å². The standard InChI is InChI=1S/C13H15NO3/c1-4-9-6-10(8-14)12(16-3)11(7-9)13(15)17-5-2/h6-7H,4-5H2,1-3H3. The van der Waals surface area contributed by atoms with E-state index in [4.69, 9.17) is 14.7 Å². The maximum Gasteiger partial charge on any atom is 0.341 e. The molecule has 90 valence electrons. The molecule has 0 aliphatic carbocycles. The smallest absolute Gasteiger partial charge is 0.341 e. The molecule has 0 spiro atoms. The monoisotopic (exact) mass is 233 g/mol. The molecule has 1 rings (SSSR count). The van der Waals surface area contributed by atoms with Gasteiger partial charge in [-0.1, -0.05) is 6.92 Å². The maximum absolute atomic E-state index is 11.7. The minimum atomic E-state index is -0.462. The normalized spacial score (nSPS) is 9.53. The molecule has 0 heterocycles. The molecule has 0 amide bonds. The van der Waals surface area contributed by atoms with E-state index in [2.05, 4.69) is 0 Å². The summed E-state index contributed by atoms with van der Waals surface area (Å²) in [4.78, 5) is 11.7. The van der Waals surface area contributed by atoms with E-state index < -0.39 is 5.97 Å². The lowest BCUT2D eigenvalue weighted by atomic mass is 10.0. The van der Waals surface area contributed by atoms with Crippen molar-refractivity contribution in [1.82, 2.24) is 0 Å². The molecule has 0 aliphatic rings. The predicted molar refractivity (Wildman–Crippen MR) is 63.0 cm³/mol. The summed E-state index contributed by atoms with van der Waals surface area (Å²) in [5.41, 5.74) is 1.57. The summed E-state index contributed by atoms with van der Waals surface area (Å²) in [6, 6.07) is 5.46. The Bertz CT molecular complexity index is 460. The fourth-order valence-electron chi connectivity index (χ4n) is 1.56. The van der Waals surface area contributed by atoms with Crippen LogP contribution in [-0.4, -0.2) is 19.7 Å². The summed E-state index contributed by atoms with van der Waals surface area (Å²) < 4.78 is 10.1. The van der Waals surface area contributed by atoms with Crippen molar-refractivity contribution in [3.8, 4) is 11.8 Å². The van der Waals surface area contributed by atoms with Crippen LogP contribution in [0.1, 0.15) is 35.3 Å². The van der Waals surface area contributed by atoms with Gasteiger partial charge in [0.1, 0.15) is 11.6 Å². The number of nitrogens with zero attached hydrogens (tertiary/aromatic N) is 1. The van der Waals surface area contributed by atoms with Crippen molar-refractivity contribution in [2.75, 3.05) is 13.7 Å². The SMILES string of the molecule is CCOC(=O)c1cc(CC)cc(C#N)c1OC. The van der Waals surface area contributed by atoms with E-state index in [-0.39, 0.29) is 5.75 Å². The fraction of sp³-hybridized carbons (Fsp3) is 0.385. The quantitative estimate of drug-likeness (QED) is 0.749. The summed E-state index contributed by atoms with van der Waals surface area (Å²) in [5.74, 6) is -0.181. The lowest BCUT2D eigenvalue weighted by Crippen LogP contribution is -2.08. The molecule has 1 aromatic carbocycles. The summed E-state index contributed by atoms with van der Waals surface area (Å²) in [5, 5.41) is 9.02. The molecule has 0 saturated carbocycles. The molecule has 0 aromatic heterocycles. The van der Waals surface area contributed by atoms with Crippen LogP contribution >= 0.6 is 0 Å². The van der Waals surface area contributed by atoms with E-state index in [1.807, 2.05) is 13.0 Å². The van der Waals surface area contributed by atoms with Crippen LogP contribution in [0.5, 0.6) is 5.75 Å². The number of methoxy groups -OCH3 is 1. The van der Waals surface area contributed by atoms with Crippen molar-refractivity contribution < 1.29 is 14.3 Å².